The van der Waals surface area contributed by atoms with Crippen molar-refractivity contribution >= 4 is 33.3 Å². The summed E-state index contributed by atoms with van der Waals surface area (Å²) in [5, 5.41) is 1.61. The summed E-state index contributed by atoms with van der Waals surface area (Å²) in [6.07, 6.45) is 1.64. The molecule has 2 aromatic heterocycles. The van der Waals surface area contributed by atoms with E-state index in [1.807, 2.05) is 32.0 Å². The first kappa shape index (κ1) is 18.8. The molecule has 0 radical (unpaired) electrons. The summed E-state index contributed by atoms with van der Waals surface area (Å²) in [4.78, 5) is 26.2. The maximum atomic E-state index is 12.6. The third-order valence-electron chi connectivity index (χ3n) is 4.97. The lowest BCUT2D eigenvalue weighted by Crippen LogP contribution is -2.46. The molecule has 1 fully saturated rings. The van der Waals surface area contributed by atoms with Gasteiger partial charge in [-0.05, 0) is 32.0 Å². The maximum absolute atomic E-state index is 12.6. The number of aromatic nitrogens is 4. The Kier molecular flexibility index (Phi) is 5.27. The minimum Gasteiger partial charge on any atom is -0.377 e. The molecule has 3 heterocycles. The Bertz CT molecular complexity index is 1020. The highest BCUT2D eigenvalue weighted by Crippen LogP contribution is 2.24. The van der Waals surface area contributed by atoms with Crippen LogP contribution in [0.2, 0.25) is 0 Å². The van der Waals surface area contributed by atoms with Crippen LogP contribution in [0.15, 0.2) is 29.3 Å². The topological polar surface area (TPSA) is 76.4 Å². The number of methoxy groups -OCH3 is 1. The van der Waals surface area contributed by atoms with Gasteiger partial charge in [0, 0.05) is 56.6 Å². The van der Waals surface area contributed by atoms with Gasteiger partial charge in [0.05, 0.1) is 17.2 Å². The van der Waals surface area contributed by atoms with Crippen molar-refractivity contribution in [2.75, 3.05) is 43.1 Å². The lowest BCUT2D eigenvalue weighted by molar-refractivity contribution is 0.179. The van der Waals surface area contributed by atoms with Crippen LogP contribution in [0.25, 0.3) is 10.9 Å². The summed E-state index contributed by atoms with van der Waals surface area (Å²) in [5.41, 5.74) is 1.85. The molecule has 1 aliphatic heterocycles. The van der Waals surface area contributed by atoms with Crippen LogP contribution in [0.1, 0.15) is 25.7 Å². The Labute approximate surface area is 167 Å². The zero-order chi connectivity index (χ0) is 19.7. The van der Waals surface area contributed by atoms with Gasteiger partial charge in [0.25, 0.3) is 5.56 Å². The highest BCUT2D eigenvalue weighted by atomic mass is 32.1. The van der Waals surface area contributed by atoms with Gasteiger partial charge in [-0.1, -0.05) is 0 Å². The largest absolute Gasteiger partial charge is 0.377 e. The van der Waals surface area contributed by atoms with E-state index in [0.29, 0.717) is 12.0 Å². The normalized spacial score (nSPS) is 15.0. The van der Waals surface area contributed by atoms with Crippen LogP contribution in [-0.4, -0.2) is 52.2 Å². The molecule has 0 saturated carbocycles. The van der Waals surface area contributed by atoms with E-state index in [0.717, 1.165) is 48.3 Å². The lowest BCUT2D eigenvalue weighted by atomic mass is 10.2. The molecule has 0 unspecified atom stereocenters. The molecule has 1 saturated heterocycles. The molecule has 0 aliphatic carbocycles. The van der Waals surface area contributed by atoms with Crippen molar-refractivity contribution in [3.8, 4) is 0 Å². The van der Waals surface area contributed by atoms with Crippen LogP contribution >= 0.6 is 11.5 Å². The van der Waals surface area contributed by atoms with Gasteiger partial charge >= 0.3 is 0 Å². The summed E-state index contributed by atoms with van der Waals surface area (Å²) in [6.45, 7) is 7.93. The fourth-order valence-electron chi connectivity index (χ4n) is 3.41. The Morgan fingerprint density at radius 2 is 1.93 bits per heavy atom. The third-order valence-corrected chi connectivity index (χ3v) is 5.78. The fourth-order valence-corrected chi connectivity index (χ4v) is 4.13. The summed E-state index contributed by atoms with van der Waals surface area (Å²) in [6, 6.07) is 6.03. The number of ether oxygens (including phenoxy) is 1. The Morgan fingerprint density at radius 1 is 1.18 bits per heavy atom. The standard InChI is InChI=1S/C19H24N6O2S/c1-13(2)25-12-20-16-10-14(4-5-15(16)18(25)26)23-6-8-24(9-7-23)19-21-17(11-27-3)22-28-19/h4-5,10,12-13H,6-9,11H2,1-3H3. The number of fused-ring (bicyclic) bond motifs is 1. The van der Waals surface area contributed by atoms with Crippen LogP contribution in [0.4, 0.5) is 10.8 Å². The van der Waals surface area contributed by atoms with Gasteiger partial charge in [-0.25, -0.2) is 9.97 Å². The second-order valence-electron chi connectivity index (χ2n) is 7.15. The van der Waals surface area contributed by atoms with E-state index < -0.39 is 0 Å². The van der Waals surface area contributed by atoms with Crippen molar-refractivity contribution in [2.45, 2.75) is 26.5 Å². The van der Waals surface area contributed by atoms with E-state index in [1.54, 1.807) is 18.0 Å². The van der Waals surface area contributed by atoms with Crippen LogP contribution in [-0.2, 0) is 11.3 Å². The van der Waals surface area contributed by atoms with Crippen LogP contribution < -0.4 is 15.4 Å². The van der Waals surface area contributed by atoms with E-state index in [4.69, 9.17) is 4.74 Å². The van der Waals surface area contributed by atoms with Gasteiger partial charge in [0.1, 0.15) is 6.61 Å². The van der Waals surface area contributed by atoms with E-state index in [-0.39, 0.29) is 11.6 Å². The number of hydrogen-bond donors (Lipinski definition) is 0. The maximum Gasteiger partial charge on any atom is 0.261 e. The van der Waals surface area contributed by atoms with Crippen molar-refractivity contribution in [3.05, 3.63) is 40.7 Å². The predicted octanol–water partition coefficient (Wildman–Crippen LogP) is 2.30. The zero-order valence-corrected chi connectivity index (χ0v) is 17.1. The highest BCUT2D eigenvalue weighted by Gasteiger charge is 2.21. The van der Waals surface area contributed by atoms with Crippen molar-refractivity contribution in [1.29, 1.82) is 0 Å². The SMILES string of the molecule is COCc1nsc(N2CCN(c3ccc4c(=O)n(C(C)C)cnc4c3)CC2)n1. The van der Waals surface area contributed by atoms with Crippen LogP contribution in [0.3, 0.4) is 0 Å². The average Bonchev–Trinajstić information content (AvgIpc) is 3.17. The number of rotatable bonds is 5. The van der Waals surface area contributed by atoms with Gasteiger partial charge in [-0.15, -0.1) is 0 Å². The molecular formula is C19H24N6O2S. The third kappa shape index (κ3) is 3.59. The van der Waals surface area contributed by atoms with E-state index in [2.05, 4.69) is 24.1 Å². The predicted molar refractivity (Wildman–Crippen MR) is 111 cm³/mol. The second-order valence-corrected chi connectivity index (χ2v) is 7.88. The summed E-state index contributed by atoms with van der Waals surface area (Å²) >= 11 is 1.42. The molecule has 1 aliphatic rings. The number of hydrogen-bond acceptors (Lipinski definition) is 8. The van der Waals surface area contributed by atoms with Crippen molar-refractivity contribution < 1.29 is 4.74 Å². The molecule has 0 spiro atoms. The smallest absolute Gasteiger partial charge is 0.261 e. The van der Waals surface area contributed by atoms with E-state index in [1.165, 1.54) is 11.5 Å². The number of anilines is 2. The summed E-state index contributed by atoms with van der Waals surface area (Å²) < 4.78 is 11.1. The van der Waals surface area contributed by atoms with Gasteiger partial charge in [0.2, 0.25) is 5.13 Å². The first-order chi connectivity index (χ1) is 13.6. The molecule has 3 aromatic rings. The molecule has 1 aromatic carbocycles. The molecule has 0 atom stereocenters. The van der Waals surface area contributed by atoms with Gasteiger partial charge in [-0.3, -0.25) is 9.36 Å². The minimum absolute atomic E-state index is 0.0134. The number of benzene rings is 1. The molecule has 9 heteroatoms. The van der Waals surface area contributed by atoms with Gasteiger partial charge in [-0.2, -0.15) is 4.37 Å². The molecule has 4 rings (SSSR count). The summed E-state index contributed by atoms with van der Waals surface area (Å²) in [7, 11) is 1.65. The molecule has 0 amide bonds. The summed E-state index contributed by atoms with van der Waals surface area (Å²) in [5.74, 6) is 0.734. The van der Waals surface area contributed by atoms with Crippen LogP contribution in [0.5, 0.6) is 0 Å². The van der Waals surface area contributed by atoms with Gasteiger partial charge in [0.15, 0.2) is 5.82 Å². The molecule has 148 valence electrons. The zero-order valence-electron chi connectivity index (χ0n) is 16.3. The van der Waals surface area contributed by atoms with Crippen molar-refractivity contribution in [3.63, 3.8) is 0 Å². The van der Waals surface area contributed by atoms with Crippen LogP contribution in [0, 0.1) is 0 Å². The number of nitrogens with zero attached hydrogens (tertiary/aromatic N) is 6. The first-order valence-corrected chi connectivity index (χ1v) is 10.2. The van der Waals surface area contributed by atoms with E-state index in [9.17, 15) is 4.79 Å². The Balaban J connectivity index is 1.49. The van der Waals surface area contributed by atoms with Crippen molar-refractivity contribution in [1.82, 2.24) is 18.9 Å². The molecule has 8 nitrogen and oxygen atoms in total. The molecule has 0 bridgehead atoms. The highest BCUT2D eigenvalue weighted by molar-refractivity contribution is 7.09. The molecular weight excluding hydrogens is 376 g/mol. The molecule has 28 heavy (non-hydrogen) atoms. The second kappa shape index (κ2) is 7.84. The monoisotopic (exact) mass is 400 g/mol. The van der Waals surface area contributed by atoms with Crippen molar-refractivity contribution in [2.24, 2.45) is 0 Å². The first-order valence-electron chi connectivity index (χ1n) is 9.39. The quantitative estimate of drug-likeness (QED) is 0.650. The minimum atomic E-state index is 0.0134. The average molecular weight is 401 g/mol. The Morgan fingerprint density at radius 3 is 2.64 bits per heavy atom. The number of piperazine rings is 1. The van der Waals surface area contributed by atoms with Gasteiger partial charge < -0.3 is 14.5 Å². The Hall–Kier alpha value is -2.52. The fraction of sp³-hybridized carbons (Fsp3) is 0.474. The van der Waals surface area contributed by atoms with E-state index >= 15 is 0 Å². The molecule has 0 N–H and O–H groups in total. The lowest BCUT2D eigenvalue weighted by Gasteiger charge is -2.35.